The average molecular weight is 556 g/mol. The Morgan fingerprint density at radius 3 is 2.09 bits per heavy atom. The number of hydrogen-bond acceptors (Lipinski definition) is 0. The van der Waals surface area contributed by atoms with Crippen molar-refractivity contribution in [2.75, 3.05) is 0 Å². The molecule has 0 nitrogen and oxygen atoms in total. The predicted molar refractivity (Wildman–Crippen MR) is 151 cm³/mol. The Kier molecular flexibility index (Phi) is 17.1. The largest absolute Gasteiger partial charge is 4.00 e. The van der Waals surface area contributed by atoms with Gasteiger partial charge in [0.1, 0.15) is 0 Å². The van der Waals surface area contributed by atoms with Gasteiger partial charge in [-0.2, -0.15) is 0 Å². The fourth-order valence-corrected chi connectivity index (χ4v) is 22.4. The smallest absolute Gasteiger partial charge is 0.358 e. The van der Waals surface area contributed by atoms with Crippen molar-refractivity contribution in [3.05, 3.63) is 29.7 Å². The summed E-state index contributed by atoms with van der Waals surface area (Å²) in [7, 11) is -1.03. The molecule has 0 bridgehead atoms. The average Bonchev–Trinajstić information content (AvgIpc) is 3.37. The van der Waals surface area contributed by atoms with Crippen LogP contribution in [0.5, 0.6) is 0 Å². The van der Waals surface area contributed by atoms with Gasteiger partial charge in [0.05, 0.1) is 0 Å². The molecule has 4 aliphatic carbocycles. The summed E-state index contributed by atoms with van der Waals surface area (Å²) < 4.78 is 0. The molecule has 0 aromatic heterocycles. The molecular formula is C29H60Si2Zr. The van der Waals surface area contributed by atoms with Crippen molar-refractivity contribution in [3.63, 3.8) is 0 Å². The molecule has 0 N–H and O–H groups in total. The van der Waals surface area contributed by atoms with Crippen molar-refractivity contribution in [2.24, 2.45) is 41.4 Å². The summed E-state index contributed by atoms with van der Waals surface area (Å²) in [6.45, 7) is 13.5. The molecular weight excluding hydrogens is 496 g/mol. The molecule has 4 rings (SSSR count). The van der Waals surface area contributed by atoms with Gasteiger partial charge in [-0.3, -0.25) is 0 Å². The molecule has 0 aromatic rings. The summed E-state index contributed by atoms with van der Waals surface area (Å²) in [6.07, 6.45) is 17.3. The zero-order valence-electron chi connectivity index (χ0n) is 23.6. The van der Waals surface area contributed by atoms with Gasteiger partial charge >= 0.3 is 26.2 Å². The van der Waals surface area contributed by atoms with Gasteiger partial charge in [0, 0.05) is 16.6 Å². The van der Waals surface area contributed by atoms with Crippen LogP contribution in [0.1, 0.15) is 91.4 Å². The van der Waals surface area contributed by atoms with E-state index in [9.17, 15) is 0 Å². The Bertz CT molecular complexity index is 498. The summed E-state index contributed by atoms with van der Waals surface area (Å²) in [6, 6.07) is 0. The second-order valence-electron chi connectivity index (χ2n) is 11.9. The molecule has 11 atom stereocenters. The van der Waals surface area contributed by atoms with Gasteiger partial charge in [-0.25, -0.2) is 0 Å². The van der Waals surface area contributed by atoms with Crippen LogP contribution in [0, 0.1) is 71.1 Å². The zero-order chi connectivity index (χ0) is 19.1. The van der Waals surface area contributed by atoms with Crippen molar-refractivity contribution in [1.82, 2.24) is 0 Å². The molecule has 0 spiro atoms. The Hall–Kier alpha value is 1.32. The molecule has 0 aromatic carbocycles. The van der Waals surface area contributed by atoms with Crippen molar-refractivity contribution in [1.29, 1.82) is 0 Å². The van der Waals surface area contributed by atoms with Crippen molar-refractivity contribution >= 4 is 16.6 Å². The van der Waals surface area contributed by atoms with Gasteiger partial charge < -0.3 is 29.7 Å². The summed E-state index contributed by atoms with van der Waals surface area (Å²) in [5.41, 5.74) is 2.47. The molecule has 0 amide bonds. The van der Waals surface area contributed by atoms with E-state index in [0.717, 1.165) is 35.5 Å². The summed E-state index contributed by atoms with van der Waals surface area (Å²) in [5.74, 6) is 7.82. The van der Waals surface area contributed by atoms with Crippen LogP contribution in [0.2, 0.25) is 24.2 Å². The molecule has 4 saturated carbocycles. The van der Waals surface area contributed by atoms with Crippen LogP contribution in [-0.4, -0.2) is 16.6 Å². The maximum Gasteiger partial charge on any atom is 4.00 e. The van der Waals surface area contributed by atoms with Gasteiger partial charge in [0.15, 0.2) is 0 Å². The summed E-state index contributed by atoms with van der Waals surface area (Å²) in [4.78, 5) is 0. The van der Waals surface area contributed by atoms with E-state index in [1.54, 1.807) is 57.8 Å². The van der Waals surface area contributed by atoms with E-state index in [2.05, 4.69) is 33.9 Å². The first-order valence-corrected chi connectivity index (χ1v) is 19.3. The van der Waals surface area contributed by atoms with Gasteiger partial charge in [0.25, 0.3) is 0 Å². The van der Waals surface area contributed by atoms with Crippen LogP contribution in [0.15, 0.2) is 0 Å². The van der Waals surface area contributed by atoms with E-state index in [1.807, 2.05) is 0 Å². The summed E-state index contributed by atoms with van der Waals surface area (Å²) >= 11 is 0. The molecule has 0 heterocycles. The number of fused-ring (bicyclic) bond motifs is 2. The van der Waals surface area contributed by atoms with Crippen LogP contribution in [0.25, 0.3) is 0 Å². The Balaban J connectivity index is 0. The monoisotopic (exact) mass is 554 g/mol. The van der Waals surface area contributed by atoms with Crippen LogP contribution in [0.4, 0.5) is 0 Å². The maximum atomic E-state index is 2.88. The van der Waals surface area contributed by atoms with Gasteiger partial charge in [-0.05, 0) is 66.2 Å². The standard InChI is InChI=1S/C25H48Si2.4CH3.Zr/c1-6-7-9-19-12-13-21(15-19)26(4)27(5)25-17(2)14-23-18(3)22-11-8-10-20(22)16-24(23)25;;;;;/h17-27H,6-16H2,1-5H3;4*1H3;/q;4*-1;+4. The zero-order valence-corrected chi connectivity index (χ0v) is 28.4. The molecule has 4 fully saturated rings. The molecule has 0 aliphatic heterocycles. The van der Waals surface area contributed by atoms with Gasteiger partial charge in [0.2, 0.25) is 0 Å². The van der Waals surface area contributed by atoms with Crippen LogP contribution in [-0.2, 0) is 26.2 Å². The van der Waals surface area contributed by atoms with Crippen molar-refractivity contribution < 1.29 is 26.2 Å². The SMILES string of the molecule is CCCCC1CCC([SiH](C)[SiH](C)C2C(C)CC3C(C)C4CCCC4CC32)C1.[CH3-].[CH3-].[CH3-].[CH3-].[Zr+4]. The third-order valence-corrected chi connectivity index (χ3v) is 24.8. The van der Waals surface area contributed by atoms with E-state index in [-0.39, 0.29) is 55.9 Å². The maximum absolute atomic E-state index is 2.88. The van der Waals surface area contributed by atoms with Crippen LogP contribution in [0.3, 0.4) is 0 Å². The molecule has 0 saturated heterocycles. The van der Waals surface area contributed by atoms with E-state index in [0.29, 0.717) is 0 Å². The Labute approximate surface area is 228 Å². The molecule has 4 aliphatic rings. The number of hydrogen-bond donors (Lipinski definition) is 0. The molecule has 11 unspecified atom stereocenters. The quantitative estimate of drug-likeness (QED) is 0.226. The molecule has 3 heteroatoms. The van der Waals surface area contributed by atoms with Gasteiger partial charge in [-0.15, -0.1) is 0 Å². The minimum absolute atomic E-state index is 0. The topological polar surface area (TPSA) is 0 Å². The molecule has 32 heavy (non-hydrogen) atoms. The third-order valence-electron chi connectivity index (χ3n) is 10.7. The second kappa shape index (κ2) is 15.4. The first-order valence-electron chi connectivity index (χ1n) is 13.0. The fraction of sp³-hybridized carbons (Fsp3) is 0.862. The Morgan fingerprint density at radius 1 is 0.750 bits per heavy atom. The first-order chi connectivity index (χ1) is 13.0. The van der Waals surface area contributed by atoms with Gasteiger partial charge in [-0.1, -0.05) is 90.8 Å². The minimum Gasteiger partial charge on any atom is -0.358 e. The van der Waals surface area contributed by atoms with E-state index in [1.165, 1.54) is 29.8 Å². The second-order valence-corrected chi connectivity index (χ2v) is 23.3. The van der Waals surface area contributed by atoms with E-state index >= 15 is 0 Å². The molecule has 188 valence electrons. The summed E-state index contributed by atoms with van der Waals surface area (Å²) in [5, 5.41) is 0. The third kappa shape index (κ3) is 6.96. The number of rotatable bonds is 6. The fourth-order valence-electron chi connectivity index (χ4n) is 9.16. The number of unbranched alkanes of at least 4 members (excludes halogenated alkanes) is 1. The predicted octanol–water partition coefficient (Wildman–Crippen LogP) is 9.04. The molecule has 0 radical (unpaired) electrons. The minimum atomic E-state index is -0.535. The normalized spacial score (nSPS) is 41.3. The Morgan fingerprint density at radius 2 is 1.44 bits per heavy atom. The van der Waals surface area contributed by atoms with Crippen LogP contribution < -0.4 is 0 Å². The van der Waals surface area contributed by atoms with E-state index < -0.39 is 16.6 Å². The van der Waals surface area contributed by atoms with E-state index in [4.69, 9.17) is 0 Å². The van der Waals surface area contributed by atoms with Crippen molar-refractivity contribution in [3.8, 4) is 0 Å². The van der Waals surface area contributed by atoms with Crippen molar-refractivity contribution in [2.45, 2.75) is 116 Å². The van der Waals surface area contributed by atoms with Crippen LogP contribution >= 0.6 is 0 Å². The first kappa shape index (κ1) is 35.5.